The number of nitriles is 1. The largest absolute Gasteiger partial charge is 0.497 e. The molecule has 4 aromatic rings. The number of nitrogens with one attached hydrogen (secondary N) is 1. The molecular formula is C57H82N5O10P. The molecule has 16 heteroatoms. The summed E-state index contributed by atoms with van der Waals surface area (Å²) < 4.78 is 49.6. The number of carbonyl (C=O) groups is 1. The lowest BCUT2D eigenvalue weighted by molar-refractivity contribution is -0.143. The van der Waals surface area contributed by atoms with Gasteiger partial charge >= 0.3 is 5.69 Å². The molecule has 1 aromatic heterocycles. The minimum absolute atomic E-state index is 0.0582. The third kappa shape index (κ3) is 16.8. The summed E-state index contributed by atoms with van der Waals surface area (Å²) in [6.07, 6.45) is 10.3. The summed E-state index contributed by atoms with van der Waals surface area (Å²) in [6, 6.07) is 28.6. The quantitative estimate of drug-likeness (QED) is 0.0268. The predicted octanol–water partition coefficient (Wildman–Crippen LogP) is 11.1. The molecule has 0 saturated carbocycles. The van der Waals surface area contributed by atoms with E-state index >= 15 is 0 Å². The van der Waals surface area contributed by atoms with E-state index in [1.54, 1.807) is 14.2 Å². The van der Waals surface area contributed by atoms with Crippen LogP contribution in [0.1, 0.15) is 148 Å². The van der Waals surface area contributed by atoms with Crippen molar-refractivity contribution in [3.63, 3.8) is 0 Å². The monoisotopic (exact) mass is 1030 g/mol. The molecule has 1 saturated heterocycles. The normalized spacial score (nSPS) is 17.3. The van der Waals surface area contributed by atoms with Crippen molar-refractivity contribution in [1.29, 1.82) is 5.26 Å². The molecule has 0 spiro atoms. The molecule has 1 fully saturated rings. The predicted molar refractivity (Wildman–Crippen MR) is 287 cm³/mol. The molecule has 400 valence electrons. The van der Waals surface area contributed by atoms with Gasteiger partial charge in [0.1, 0.15) is 42.0 Å². The van der Waals surface area contributed by atoms with Gasteiger partial charge in [0.2, 0.25) is 5.91 Å². The first-order valence-electron chi connectivity index (χ1n) is 26.5. The number of carbonyl (C=O) groups excluding carboxylic acids is 1. The highest BCUT2D eigenvalue weighted by molar-refractivity contribution is 7.44. The van der Waals surface area contributed by atoms with Crippen molar-refractivity contribution in [3.8, 4) is 17.6 Å². The van der Waals surface area contributed by atoms with Gasteiger partial charge in [0, 0.05) is 37.4 Å². The Balaban J connectivity index is 1.63. The van der Waals surface area contributed by atoms with Gasteiger partial charge < -0.3 is 37.6 Å². The Bertz CT molecular complexity index is 2290. The lowest BCUT2D eigenvalue weighted by atomic mass is 9.80. The van der Waals surface area contributed by atoms with Gasteiger partial charge in [-0.25, -0.2) is 9.46 Å². The number of methoxy groups -OCH3 is 2. The number of nitrogens with zero attached hydrogens (tertiary/aromatic N) is 4. The molecule has 5 rings (SSSR count). The number of ether oxygens (including phenoxy) is 5. The number of amides is 1. The third-order valence-corrected chi connectivity index (χ3v) is 15.4. The van der Waals surface area contributed by atoms with E-state index in [1.807, 2.05) is 111 Å². The Morgan fingerprint density at radius 2 is 1.29 bits per heavy atom. The fraction of sp³-hybridized carbons (Fsp3) is 0.579. The SMILES string of the molecule is CCCCCCCCN(CCCCCCCC)C(=O)COC1C(OP(OCCC#N)N(C(C)C)C(C)C)[C@@H](COC(c2ccccc2)(c2ccc(OC)cc2)c2ccc(OC)cc2)O[C@H]1n1ccc(=O)[nH]c1=O. The highest BCUT2D eigenvalue weighted by Crippen LogP contribution is 2.51. The van der Waals surface area contributed by atoms with Crippen molar-refractivity contribution < 1.29 is 37.5 Å². The molecule has 0 aliphatic carbocycles. The lowest BCUT2D eigenvalue weighted by Crippen LogP contribution is -2.45. The summed E-state index contributed by atoms with van der Waals surface area (Å²) >= 11 is 0. The summed E-state index contributed by atoms with van der Waals surface area (Å²) in [5.41, 5.74) is -0.178. The Kier molecular flexibility index (Phi) is 25.1. The molecule has 5 atom stereocenters. The second-order valence-electron chi connectivity index (χ2n) is 19.2. The van der Waals surface area contributed by atoms with Crippen LogP contribution in [0.25, 0.3) is 0 Å². The van der Waals surface area contributed by atoms with Gasteiger partial charge in [-0.05, 0) is 81.5 Å². The van der Waals surface area contributed by atoms with Crippen LogP contribution >= 0.6 is 8.53 Å². The maximum absolute atomic E-state index is 14.6. The summed E-state index contributed by atoms with van der Waals surface area (Å²) in [5, 5.41) is 9.63. The smallest absolute Gasteiger partial charge is 0.330 e. The van der Waals surface area contributed by atoms with Gasteiger partial charge in [0.25, 0.3) is 14.1 Å². The van der Waals surface area contributed by atoms with E-state index in [0.29, 0.717) is 24.6 Å². The minimum atomic E-state index is -1.93. The number of aromatic nitrogens is 2. The summed E-state index contributed by atoms with van der Waals surface area (Å²) in [6.45, 7) is 13.5. The second-order valence-corrected chi connectivity index (χ2v) is 20.6. The second kappa shape index (κ2) is 31.1. The first-order valence-corrected chi connectivity index (χ1v) is 27.6. The third-order valence-electron chi connectivity index (χ3n) is 13.2. The van der Waals surface area contributed by atoms with E-state index in [0.717, 1.165) is 68.1 Å². The maximum atomic E-state index is 14.6. The average molecular weight is 1030 g/mol. The van der Waals surface area contributed by atoms with Crippen LogP contribution in [0, 0.1) is 11.3 Å². The zero-order valence-corrected chi connectivity index (χ0v) is 45.6. The molecule has 1 aliphatic heterocycles. The van der Waals surface area contributed by atoms with Crippen molar-refractivity contribution in [2.45, 2.75) is 167 Å². The molecular weight excluding hydrogens is 946 g/mol. The van der Waals surface area contributed by atoms with Crippen molar-refractivity contribution in [2.75, 3.05) is 47.1 Å². The van der Waals surface area contributed by atoms with E-state index in [4.69, 9.17) is 32.7 Å². The molecule has 1 amide bonds. The van der Waals surface area contributed by atoms with Gasteiger partial charge in [0.15, 0.2) is 6.23 Å². The highest BCUT2D eigenvalue weighted by atomic mass is 31.2. The number of hydrogen-bond acceptors (Lipinski definition) is 12. The van der Waals surface area contributed by atoms with Crippen LogP contribution in [0.5, 0.6) is 11.5 Å². The molecule has 1 N–H and O–H groups in total. The van der Waals surface area contributed by atoms with Crippen molar-refractivity contribution in [3.05, 3.63) is 129 Å². The van der Waals surface area contributed by atoms with Crippen LogP contribution in [0.4, 0.5) is 0 Å². The number of hydrogen-bond donors (Lipinski definition) is 1. The first-order chi connectivity index (χ1) is 35.4. The number of benzene rings is 3. The summed E-state index contributed by atoms with van der Waals surface area (Å²) in [7, 11) is 1.31. The molecule has 2 heterocycles. The highest BCUT2D eigenvalue weighted by Gasteiger charge is 2.52. The van der Waals surface area contributed by atoms with E-state index < -0.39 is 49.9 Å². The Labute approximate surface area is 435 Å². The zero-order chi connectivity index (χ0) is 52.6. The fourth-order valence-corrected chi connectivity index (χ4v) is 11.2. The Morgan fingerprint density at radius 3 is 1.79 bits per heavy atom. The molecule has 3 unspecified atom stereocenters. The van der Waals surface area contributed by atoms with Crippen LogP contribution in [0.2, 0.25) is 0 Å². The molecule has 73 heavy (non-hydrogen) atoms. The molecule has 1 aliphatic rings. The van der Waals surface area contributed by atoms with Crippen molar-refractivity contribution in [2.24, 2.45) is 0 Å². The topological polar surface area (TPSA) is 167 Å². The molecule has 3 aromatic carbocycles. The fourth-order valence-electron chi connectivity index (χ4n) is 9.46. The van der Waals surface area contributed by atoms with Crippen molar-refractivity contribution >= 4 is 14.4 Å². The van der Waals surface area contributed by atoms with Crippen LogP contribution < -0.4 is 20.7 Å². The Hall–Kier alpha value is -4.91. The number of aromatic amines is 1. The van der Waals surface area contributed by atoms with Crippen LogP contribution in [0.15, 0.2) is 101 Å². The number of unbranched alkanes of at least 4 members (excludes halogenated alkanes) is 10. The van der Waals surface area contributed by atoms with E-state index in [-0.39, 0.29) is 44.2 Å². The van der Waals surface area contributed by atoms with Crippen LogP contribution in [0.3, 0.4) is 0 Å². The van der Waals surface area contributed by atoms with E-state index in [2.05, 4.69) is 29.6 Å². The minimum Gasteiger partial charge on any atom is -0.497 e. The van der Waals surface area contributed by atoms with Gasteiger partial charge in [0.05, 0.1) is 39.9 Å². The van der Waals surface area contributed by atoms with Crippen LogP contribution in [-0.4, -0.2) is 103 Å². The molecule has 15 nitrogen and oxygen atoms in total. The molecule has 0 bridgehead atoms. The zero-order valence-electron chi connectivity index (χ0n) is 44.7. The van der Waals surface area contributed by atoms with Crippen molar-refractivity contribution in [1.82, 2.24) is 19.1 Å². The van der Waals surface area contributed by atoms with Gasteiger partial charge in [-0.3, -0.25) is 19.1 Å². The van der Waals surface area contributed by atoms with Gasteiger partial charge in [-0.2, -0.15) is 5.26 Å². The summed E-state index contributed by atoms with van der Waals surface area (Å²) in [5.74, 6) is 1.16. The average Bonchev–Trinajstić information content (AvgIpc) is 3.73. The Morgan fingerprint density at radius 1 is 0.753 bits per heavy atom. The van der Waals surface area contributed by atoms with Gasteiger partial charge in [-0.15, -0.1) is 0 Å². The molecule has 0 radical (unpaired) electrons. The first kappa shape index (κ1) is 59.0. The van der Waals surface area contributed by atoms with E-state index in [1.165, 1.54) is 42.5 Å². The lowest BCUT2D eigenvalue weighted by Gasteiger charge is -2.39. The van der Waals surface area contributed by atoms with Gasteiger partial charge in [-0.1, -0.05) is 133 Å². The standard InChI is InChI=1S/C57H82N5O10P/c1-9-11-13-15-17-22-37-60(38-23-18-16-14-12-10-2)52(64)42-68-54-53(72-73(70-40-24-36-58)62(43(3)4)44(5)6)50(71-55(54)61-39-35-51(63)59-56(61)65)41-69-57(45-25-20-19-21-26-45,46-27-31-48(66-7)32-28-46)47-29-33-49(67-8)34-30-47/h19-21,25-35,39,43-44,50,53-55H,9-18,22-24,37-38,40-42H2,1-8H3,(H,59,63,65)/t50-,53?,54?,55-,73?/m1/s1. The maximum Gasteiger partial charge on any atom is 0.330 e. The number of rotatable bonds is 34. The summed E-state index contributed by atoms with van der Waals surface area (Å²) in [4.78, 5) is 45.3. The van der Waals surface area contributed by atoms with E-state index in [9.17, 15) is 19.6 Å². The van der Waals surface area contributed by atoms with Crippen LogP contribution in [-0.2, 0) is 33.7 Å². The number of H-pyrrole nitrogens is 1.